The number of carboxylic acid groups (broad SMARTS) is 1. The Kier molecular flexibility index (Phi) is 13.3. The van der Waals surface area contributed by atoms with E-state index in [9.17, 15) is 22.8 Å². The van der Waals surface area contributed by atoms with Crippen molar-refractivity contribution >= 4 is 12.1 Å². The van der Waals surface area contributed by atoms with E-state index in [0.29, 0.717) is 18.8 Å². The quantitative estimate of drug-likeness (QED) is 0.335. The van der Waals surface area contributed by atoms with Crippen LogP contribution in [-0.4, -0.2) is 67.3 Å². The molecule has 0 aliphatic carbocycles. The zero-order chi connectivity index (χ0) is 24.7. The molecule has 0 radical (unpaired) electrons. The molecule has 1 amide bonds. The average molecular weight is 478 g/mol. The minimum atomic E-state index is -4.58. The van der Waals surface area contributed by atoms with Crippen LogP contribution in [0.1, 0.15) is 51.5 Å². The van der Waals surface area contributed by atoms with Gasteiger partial charge in [-0.1, -0.05) is 44.7 Å². The number of amides is 1. The molecule has 1 aromatic rings. The van der Waals surface area contributed by atoms with E-state index in [-0.39, 0.29) is 26.1 Å². The van der Waals surface area contributed by atoms with Gasteiger partial charge in [-0.25, -0.2) is 9.59 Å². The fourth-order valence-corrected chi connectivity index (χ4v) is 3.06. The SMILES string of the molecule is CCCCCCCN(CCOc1ccc(CC(OCC)C(=O)O)cc1)C(=O)OCC(F)(F)F. The molecule has 0 fully saturated rings. The molecular formula is C23H34F3NO6. The summed E-state index contributed by atoms with van der Waals surface area (Å²) in [6.45, 7) is 2.91. The molecule has 0 saturated heterocycles. The molecule has 0 aliphatic rings. The Hall–Kier alpha value is -2.49. The molecule has 0 spiro atoms. The van der Waals surface area contributed by atoms with E-state index in [4.69, 9.17) is 14.6 Å². The van der Waals surface area contributed by atoms with Crippen LogP contribution in [0.2, 0.25) is 0 Å². The van der Waals surface area contributed by atoms with E-state index in [1.165, 1.54) is 4.90 Å². The Labute approximate surface area is 192 Å². The Morgan fingerprint density at radius 1 is 1.03 bits per heavy atom. The van der Waals surface area contributed by atoms with Gasteiger partial charge in [-0.2, -0.15) is 13.2 Å². The lowest BCUT2D eigenvalue weighted by molar-refractivity contribution is -0.162. The summed E-state index contributed by atoms with van der Waals surface area (Å²) in [5, 5.41) is 9.17. The van der Waals surface area contributed by atoms with Crippen LogP contribution in [0.25, 0.3) is 0 Å². The first-order chi connectivity index (χ1) is 15.7. The van der Waals surface area contributed by atoms with E-state index < -0.39 is 30.9 Å². The van der Waals surface area contributed by atoms with Gasteiger partial charge in [0, 0.05) is 19.6 Å². The molecule has 1 rings (SSSR count). The second-order valence-corrected chi connectivity index (χ2v) is 7.55. The Morgan fingerprint density at radius 3 is 2.27 bits per heavy atom. The third kappa shape index (κ3) is 13.0. The number of carboxylic acids is 1. The number of halogens is 3. The topological polar surface area (TPSA) is 85.3 Å². The van der Waals surface area contributed by atoms with Crippen LogP contribution in [0.4, 0.5) is 18.0 Å². The van der Waals surface area contributed by atoms with Crippen molar-refractivity contribution in [1.29, 1.82) is 0 Å². The van der Waals surface area contributed by atoms with Gasteiger partial charge in [0.15, 0.2) is 12.7 Å². The fourth-order valence-electron chi connectivity index (χ4n) is 3.06. The summed E-state index contributed by atoms with van der Waals surface area (Å²) in [6, 6.07) is 6.76. The summed E-state index contributed by atoms with van der Waals surface area (Å²) in [6.07, 6.45) is -1.66. The molecule has 1 atom stereocenters. The first-order valence-electron chi connectivity index (χ1n) is 11.2. The van der Waals surface area contributed by atoms with Crippen molar-refractivity contribution in [3.63, 3.8) is 0 Å². The summed E-state index contributed by atoms with van der Waals surface area (Å²) < 4.78 is 52.3. The van der Waals surface area contributed by atoms with Crippen molar-refractivity contribution in [2.75, 3.05) is 32.9 Å². The zero-order valence-electron chi connectivity index (χ0n) is 19.2. The Morgan fingerprint density at radius 2 is 1.70 bits per heavy atom. The maximum absolute atomic E-state index is 12.4. The molecule has 188 valence electrons. The van der Waals surface area contributed by atoms with Crippen molar-refractivity contribution in [1.82, 2.24) is 4.90 Å². The third-order valence-electron chi connectivity index (χ3n) is 4.77. The lowest BCUT2D eigenvalue weighted by Crippen LogP contribution is -2.37. The van der Waals surface area contributed by atoms with Crippen molar-refractivity contribution < 1.29 is 42.1 Å². The van der Waals surface area contributed by atoms with Crippen LogP contribution in [-0.2, 0) is 20.7 Å². The standard InChI is InChI=1S/C23H34F3NO6/c1-3-5-6-7-8-13-27(22(30)33-17-23(24,25)26)14-15-32-19-11-9-18(10-12-19)16-20(21(28)29)31-4-2/h9-12,20H,3-8,13-17H2,1-2H3,(H,28,29). The number of rotatable bonds is 16. The number of hydrogen-bond donors (Lipinski definition) is 1. The van der Waals surface area contributed by atoms with Crippen LogP contribution in [0.5, 0.6) is 5.75 Å². The molecule has 10 heteroatoms. The number of hydrogen-bond acceptors (Lipinski definition) is 5. The largest absolute Gasteiger partial charge is 0.492 e. The van der Waals surface area contributed by atoms with Gasteiger partial charge in [-0.3, -0.25) is 0 Å². The van der Waals surface area contributed by atoms with E-state index in [2.05, 4.69) is 11.7 Å². The smallest absolute Gasteiger partial charge is 0.422 e. The molecule has 1 N–H and O–H groups in total. The first kappa shape index (κ1) is 28.5. The number of aliphatic carboxylic acids is 1. The molecule has 1 aromatic carbocycles. The van der Waals surface area contributed by atoms with Gasteiger partial charge in [-0.05, 0) is 31.0 Å². The summed E-state index contributed by atoms with van der Waals surface area (Å²) in [4.78, 5) is 24.5. The highest BCUT2D eigenvalue weighted by Crippen LogP contribution is 2.17. The summed E-state index contributed by atoms with van der Waals surface area (Å²) in [7, 11) is 0. The number of carbonyl (C=O) groups is 2. The number of benzene rings is 1. The molecule has 33 heavy (non-hydrogen) atoms. The van der Waals surface area contributed by atoms with Crippen molar-refractivity contribution in [2.24, 2.45) is 0 Å². The molecule has 7 nitrogen and oxygen atoms in total. The molecule has 0 saturated carbocycles. The van der Waals surface area contributed by atoms with Crippen LogP contribution in [0, 0.1) is 0 Å². The van der Waals surface area contributed by atoms with Gasteiger partial charge in [0.05, 0.1) is 6.54 Å². The van der Waals surface area contributed by atoms with Crippen molar-refractivity contribution in [2.45, 2.75) is 64.7 Å². The molecule has 0 bridgehead atoms. The minimum Gasteiger partial charge on any atom is -0.492 e. The summed E-state index contributed by atoms with van der Waals surface area (Å²) in [5.74, 6) is -0.544. The van der Waals surface area contributed by atoms with Gasteiger partial charge in [0.2, 0.25) is 0 Å². The van der Waals surface area contributed by atoms with E-state index in [1.807, 2.05) is 0 Å². The van der Waals surface area contributed by atoms with Gasteiger partial charge in [-0.15, -0.1) is 0 Å². The van der Waals surface area contributed by atoms with Crippen LogP contribution in [0.15, 0.2) is 24.3 Å². The number of ether oxygens (including phenoxy) is 3. The number of carbonyl (C=O) groups excluding carboxylic acids is 1. The second kappa shape index (κ2) is 15.4. The molecule has 0 aliphatic heterocycles. The highest BCUT2D eigenvalue weighted by atomic mass is 19.4. The summed E-state index contributed by atoms with van der Waals surface area (Å²) in [5.41, 5.74) is 0.757. The van der Waals surface area contributed by atoms with Crippen LogP contribution < -0.4 is 4.74 Å². The molecule has 0 heterocycles. The van der Waals surface area contributed by atoms with Crippen LogP contribution in [0.3, 0.4) is 0 Å². The van der Waals surface area contributed by atoms with Gasteiger partial charge in [0.25, 0.3) is 0 Å². The second-order valence-electron chi connectivity index (χ2n) is 7.55. The molecular weight excluding hydrogens is 443 g/mol. The average Bonchev–Trinajstić information content (AvgIpc) is 2.76. The van der Waals surface area contributed by atoms with Gasteiger partial charge >= 0.3 is 18.2 Å². The third-order valence-corrected chi connectivity index (χ3v) is 4.77. The lowest BCUT2D eigenvalue weighted by atomic mass is 10.1. The highest BCUT2D eigenvalue weighted by Gasteiger charge is 2.30. The van der Waals surface area contributed by atoms with Crippen molar-refractivity contribution in [3.8, 4) is 5.75 Å². The predicted octanol–water partition coefficient (Wildman–Crippen LogP) is 5.07. The highest BCUT2D eigenvalue weighted by molar-refractivity contribution is 5.72. The van der Waals surface area contributed by atoms with E-state index in [1.54, 1.807) is 31.2 Å². The first-order valence-corrected chi connectivity index (χ1v) is 11.2. The van der Waals surface area contributed by atoms with Gasteiger partial charge < -0.3 is 24.2 Å². The van der Waals surface area contributed by atoms with E-state index >= 15 is 0 Å². The lowest BCUT2D eigenvalue weighted by Gasteiger charge is -2.22. The monoisotopic (exact) mass is 477 g/mol. The van der Waals surface area contributed by atoms with E-state index in [0.717, 1.165) is 31.2 Å². The maximum atomic E-state index is 12.4. The maximum Gasteiger partial charge on any atom is 0.422 e. The Bertz CT molecular complexity index is 696. The van der Waals surface area contributed by atoms with Crippen LogP contribution >= 0.6 is 0 Å². The summed E-state index contributed by atoms with van der Waals surface area (Å²) >= 11 is 0. The minimum absolute atomic E-state index is 0.0755. The normalized spacial score (nSPS) is 12.3. The number of nitrogens with zero attached hydrogens (tertiary/aromatic N) is 1. The zero-order valence-corrected chi connectivity index (χ0v) is 19.2. The Balaban J connectivity index is 2.57. The number of unbranched alkanes of at least 4 members (excludes halogenated alkanes) is 4. The molecule has 1 unspecified atom stereocenters. The molecule has 0 aromatic heterocycles. The van der Waals surface area contributed by atoms with Gasteiger partial charge in [0.1, 0.15) is 12.4 Å². The number of alkyl halides is 3. The fraction of sp³-hybridized carbons (Fsp3) is 0.652. The van der Waals surface area contributed by atoms with Crippen molar-refractivity contribution in [3.05, 3.63) is 29.8 Å². The predicted molar refractivity (Wildman–Crippen MR) is 116 cm³/mol.